The van der Waals surface area contributed by atoms with Crippen LogP contribution in [0.3, 0.4) is 0 Å². The molecule has 10 heteroatoms. The summed E-state index contributed by atoms with van der Waals surface area (Å²) in [5, 5.41) is 12.7. The van der Waals surface area contributed by atoms with Crippen LogP contribution in [-0.2, 0) is 0 Å². The zero-order chi connectivity index (χ0) is 30.5. The molecule has 1 saturated heterocycles. The summed E-state index contributed by atoms with van der Waals surface area (Å²) in [6, 6.07) is 21.4. The number of carbonyl (C=O) groups excluding carboxylic acids is 2. The number of nitrogens with one attached hydrogen (secondary N) is 1. The molecule has 0 radical (unpaired) electrons. The highest BCUT2D eigenvalue weighted by Gasteiger charge is 2.43. The summed E-state index contributed by atoms with van der Waals surface area (Å²) in [5.74, 6) is 0.540. The van der Waals surface area contributed by atoms with Crippen LogP contribution in [0.4, 0.5) is 5.69 Å². The largest absolute Gasteiger partial charge is 0.493 e. The third-order valence-corrected chi connectivity index (χ3v) is 8.61. The number of hydrogen-bond donors (Lipinski definition) is 2. The molecule has 9 nitrogen and oxygen atoms in total. The minimum absolute atomic E-state index is 0.279. The molecule has 2 heterocycles. The van der Waals surface area contributed by atoms with Crippen molar-refractivity contribution in [2.45, 2.75) is 38.7 Å². The van der Waals surface area contributed by atoms with Crippen LogP contribution in [0.2, 0.25) is 6.82 Å². The Labute approximate surface area is 254 Å². The number of piperazine rings is 1. The van der Waals surface area contributed by atoms with Crippen molar-refractivity contribution in [3.63, 3.8) is 0 Å². The lowest BCUT2D eigenvalue weighted by Gasteiger charge is -2.39. The van der Waals surface area contributed by atoms with E-state index in [4.69, 9.17) is 9.47 Å². The molecular formula is C33H41BN4O5. The van der Waals surface area contributed by atoms with Crippen molar-refractivity contribution < 1.29 is 24.1 Å². The number of imide groups is 1. The predicted molar refractivity (Wildman–Crippen MR) is 169 cm³/mol. The van der Waals surface area contributed by atoms with Crippen molar-refractivity contribution in [3.8, 4) is 11.5 Å². The van der Waals surface area contributed by atoms with Gasteiger partial charge in [-0.05, 0) is 68.5 Å². The van der Waals surface area contributed by atoms with E-state index in [1.54, 1.807) is 33.2 Å². The fourth-order valence-corrected chi connectivity index (χ4v) is 6.24. The number of fused-ring (bicyclic) bond motifs is 1. The van der Waals surface area contributed by atoms with Gasteiger partial charge in [-0.25, -0.2) is 0 Å². The Morgan fingerprint density at radius 3 is 2.28 bits per heavy atom. The first-order valence-electron chi connectivity index (χ1n) is 15.0. The maximum absolute atomic E-state index is 14.2. The highest BCUT2D eigenvalue weighted by molar-refractivity contribution is 6.45. The van der Waals surface area contributed by atoms with E-state index in [9.17, 15) is 14.6 Å². The van der Waals surface area contributed by atoms with Crippen molar-refractivity contribution in [3.05, 3.63) is 89.0 Å². The van der Waals surface area contributed by atoms with Crippen LogP contribution in [0.25, 0.3) is 0 Å². The first-order valence-corrected chi connectivity index (χ1v) is 15.0. The summed E-state index contributed by atoms with van der Waals surface area (Å²) in [6.07, 6.45) is 1.16. The average Bonchev–Trinajstić information content (AvgIpc) is 3.30. The molecule has 0 aliphatic carbocycles. The van der Waals surface area contributed by atoms with Crippen LogP contribution in [0.5, 0.6) is 11.5 Å². The smallest absolute Gasteiger partial charge is 0.373 e. The highest BCUT2D eigenvalue weighted by Crippen LogP contribution is 2.40. The summed E-state index contributed by atoms with van der Waals surface area (Å²) in [4.78, 5) is 34.3. The number of ether oxygens (including phenoxy) is 2. The number of anilines is 1. The summed E-state index contributed by atoms with van der Waals surface area (Å²) in [5.41, 5.74) is 3.80. The van der Waals surface area contributed by atoms with Crippen LogP contribution in [0.1, 0.15) is 63.7 Å². The van der Waals surface area contributed by atoms with Gasteiger partial charge in [-0.3, -0.25) is 19.4 Å². The number of hydrogen-bond acceptors (Lipinski definition) is 8. The first-order chi connectivity index (χ1) is 20.8. The molecular weight excluding hydrogens is 543 g/mol. The molecule has 0 aromatic heterocycles. The zero-order valence-electron chi connectivity index (χ0n) is 25.5. The lowest BCUT2D eigenvalue weighted by molar-refractivity contribution is 0.0572. The third-order valence-electron chi connectivity index (χ3n) is 8.61. The van der Waals surface area contributed by atoms with Crippen molar-refractivity contribution >= 4 is 24.6 Å². The topological polar surface area (TPSA) is 94.6 Å². The van der Waals surface area contributed by atoms with E-state index in [1.165, 1.54) is 10.5 Å². The number of carbonyl (C=O) groups is 2. The van der Waals surface area contributed by atoms with E-state index in [1.807, 2.05) is 30.3 Å². The third kappa shape index (κ3) is 6.41. The van der Waals surface area contributed by atoms with Crippen molar-refractivity contribution in [2.24, 2.45) is 0 Å². The van der Waals surface area contributed by atoms with Gasteiger partial charge < -0.3 is 24.6 Å². The Morgan fingerprint density at radius 2 is 1.60 bits per heavy atom. The normalized spacial score (nSPS) is 16.7. The Hall–Kier alpha value is -3.86. The number of methoxy groups -OCH3 is 2. The van der Waals surface area contributed by atoms with E-state index in [-0.39, 0.29) is 11.8 Å². The number of rotatable bonds is 12. The summed E-state index contributed by atoms with van der Waals surface area (Å²) >= 11 is 0. The van der Waals surface area contributed by atoms with Gasteiger partial charge in [0.2, 0.25) is 0 Å². The molecule has 2 N–H and O–H groups in total. The fourth-order valence-electron chi connectivity index (χ4n) is 6.24. The molecule has 2 aliphatic rings. The Balaban J connectivity index is 1.40. The second-order valence-electron chi connectivity index (χ2n) is 11.2. The molecule has 2 aliphatic heterocycles. The first kappa shape index (κ1) is 30.6. The van der Waals surface area contributed by atoms with Crippen LogP contribution in [0.15, 0.2) is 66.7 Å². The molecule has 2 amide bonds. The molecule has 1 fully saturated rings. The van der Waals surface area contributed by atoms with Crippen LogP contribution >= 0.6 is 0 Å². The van der Waals surface area contributed by atoms with Crippen LogP contribution in [-0.4, -0.2) is 80.6 Å². The Bertz CT molecular complexity index is 1430. The van der Waals surface area contributed by atoms with Gasteiger partial charge in [-0.15, -0.1) is 0 Å². The molecule has 3 aromatic carbocycles. The van der Waals surface area contributed by atoms with Crippen LogP contribution in [0, 0.1) is 0 Å². The van der Waals surface area contributed by atoms with Crippen molar-refractivity contribution in [2.75, 3.05) is 51.8 Å². The maximum Gasteiger partial charge on any atom is 0.373 e. The van der Waals surface area contributed by atoms with Gasteiger partial charge in [0.15, 0.2) is 11.5 Å². The van der Waals surface area contributed by atoms with Crippen molar-refractivity contribution in [1.29, 1.82) is 0 Å². The molecule has 43 heavy (non-hydrogen) atoms. The van der Waals surface area contributed by atoms with Gasteiger partial charge in [0.1, 0.15) is 0 Å². The minimum atomic E-state index is -0.641. The van der Waals surface area contributed by atoms with E-state index >= 15 is 0 Å². The number of nitrogens with zero attached hydrogens (tertiary/aromatic N) is 3. The van der Waals surface area contributed by atoms with Crippen molar-refractivity contribution in [1.82, 2.24) is 15.0 Å². The van der Waals surface area contributed by atoms with Gasteiger partial charge >= 0.3 is 7.05 Å². The lowest BCUT2D eigenvalue weighted by atomic mass is 9.88. The molecule has 0 spiro atoms. The van der Waals surface area contributed by atoms with Gasteiger partial charge in [0.25, 0.3) is 11.8 Å². The second-order valence-corrected chi connectivity index (χ2v) is 11.2. The molecule has 0 unspecified atom stereocenters. The molecule has 226 valence electrons. The minimum Gasteiger partial charge on any atom is -0.493 e. The fraction of sp³-hybridized carbons (Fsp3) is 0.394. The monoisotopic (exact) mass is 584 g/mol. The average molecular weight is 585 g/mol. The maximum atomic E-state index is 14.2. The molecule has 5 rings (SSSR count). The lowest BCUT2D eigenvalue weighted by Crippen LogP contribution is -2.47. The highest BCUT2D eigenvalue weighted by atomic mass is 16.5. The van der Waals surface area contributed by atoms with Gasteiger partial charge in [0.05, 0.1) is 37.1 Å². The Morgan fingerprint density at radius 1 is 0.884 bits per heavy atom. The van der Waals surface area contributed by atoms with Gasteiger partial charge in [0, 0.05) is 32.2 Å². The standard InChI is InChI=1S/C33H41BN4O5/c1-23(24-10-6-5-7-11-24)36-18-20-37(21-19-36)28-13-8-12-26-31(28)33(40)38(32(26)39)27(14-9-17-35-34(2)41)25-15-16-29(42-3)30(22-25)43-4/h5-8,10-13,15-16,22-23,27,35,41H,9,14,17-21H2,1-4H3/t23-,27-/m1/s1. The van der Waals surface area contributed by atoms with Gasteiger partial charge in [-0.2, -0.15) is 0 Å². The second kappa shape index (κ2) is 13.6. The van der Waals surface area contributed by atoms with Gasteiger partial charge in [-0.1, -0.05) is 42.5 Å². The molecule has 2 atom stereocenters. The van der Waals surface area contributed by atoms with Crippen LogP contribution < -0.4 is 19.6 Å². The number of benzene rings is 3. The Kier molecular flexibility index (Phi) is 9.70. The SMILES string of the molecule is COc1ccc([C@@H](CCCNB(C)O)N2C(=O)c3cccc(N4CCN([C@H](C)c5ccccc5)CC4)c3C2=O)cc1OC. The predicted octanol–water partition coefficient (Wildman–Crippen LogP) is 4.40. The molecule has 3 aromatic rings. The summed E-state index contributed by atoms with van der Waals surface area (Å²) in [7, 11) is 2.50. The van der Waals surface area contributed by atoms with E-state index in [2.05, 4.69) is 46.2 Å². The zero-order valence-corrected chi connectivity index (χ0v) is 25.5. The van der Waals surface area contributed by atoms with E-state index in [0.717, 1.165) is 37.4 Å². The molecule has 0 saturated carbocycles. The molecule has 0 bridgehead atoms. The quantitative estimate of drug-likeness (QED) is 0.184. The number of amides is 2. The van der Waals surface area contributed by atoms with E-state index in [0.29, 0.717) is 48.1 Å². The summed E-state index contributed by atoms with van der Waals surface area (Å²) in [6.45, 7) is 7.68. The summed E-state index contributed by atoms with van der Waals surface area (Å²) < 4.78 is 11.0. The van der Waals surface area contributed by atoms with E-state index < -0.39 is 13.1 Å².